The number of phenols is 1. The van der Waals surface area contributed by atoms with Gasteiger partial charge in [0.05, 0.1) is 75.9 Å². The third-order valence-electron chi connectivity index (χ3n) is 20.2. The van der Waals surface area contributed by atoms with Crippen LogP contribution in [0.25, 0.3) is 0 Å². The van der Waals surface area contributed by atoms with Gasteiger partial charge in [-0.15, -0.1) is 6.42 Å². The average Bonchev–Trinajstić information content (AvgIpc) is 0.729. The fourth-order valence-corrected chi connectivity index (χ4v) is 15.0. The molecule has 490 valence electrons. The Balaban J connectivity index is 0.688. The van der Waals surface area contributed by atoms with E-state index in [1.54, 1.807) is 24.0 Å². The minimum Gasteiger partial charge on any atom is -0.508 e. The number of nitrogens with one attached hydrogen (secondary N) is 5. The molecule has 4 aromatic rings. The Morgan fingerprint density at radius 3 is 1.80 bits per heavy atom. The molecule has 8 rings (SSSR count). The summed E-state index contributed by atoms with van der Waals surface area (Å²) in [6.45, 7) is 18.6. The van der Waals surface area contributed by atoms with E-state index >= 15 is 0 Å². The van der Waals surface area contributed by atoms with Crippen LogP contribution in [0.1, 0.15) is 158 Å². The summed E-state index contributed by atoms with van der Waals surface area (Å²) in [4.78, 5) is 97.5. The van der Waals surface area contributed by atoms with Gasteiger partial charge in [0.1, 0.15) is 17.8 Å². The molecule has 0 unspecified atom stereocenters. The van der Waals surface area contributed by atoms with Crippen LogP contribution < -0.4 is 31.5 Å². The maximum absolute atomic E-state index is 14.8. The van der Waals surface area contributed by atoms with Crippen molar-refractivity contribution in [2.24, 2.45) is 28.6 Å². The standard InChI is InChI=1S/C73H96N6O12/c1-10-51-18-13-14-20-59(51)79(47-54-19-12-11-17-49(54)4)64(83)30-29-62(81)74-36-38-89-40-42-91-44-43-90-41-39-88-37-31-63(82)77-65(48(2)3)67(85)75-50(5)66(84)76-55-25-21-52-23-27-60-70(6,57(52)45-55)32-15-34-72(60,8)68(86)78-69(87)73(9)35-16-33-71(7)58-46-56(80)26-22-53(58)24-28-61(71)73/h1,11-14,17-22,25-26,45-46,48,50,60-61,65,80H,15-16,23-24,27-44,47H2,2-9H3,(H,74,81)(H,75,85)(H,76,84)(H,77,82)(H,78,86,87)/t50-,60+,61+,65-,70+,71+,72-,73-/m0/s1. The van der Waals surface area contributed by atoms with Crippen LogP contribution in [0, 0.1) is 47.9 Å². The normalized spacial score (nSPS) is 22.9. The minimum atomic E-state index is -0.937. The van der Waals surface area contributed by atoms with Crippen molar-refractivity contribution in [1.82, 2.24) is 21.3 Å². The van der Waals surface area contributed by atoms with Gasteiger partial charge in [0.25, 0.3) is 0 Å². The summed E-state index contributed by atoms with van der Waals surface area (Å²) in [6.07, 6.45) is 13.8. The van der Waals surface area contributed by atoms with Crippen molar-refractivity contribution in [3.8, 4) is 18.1 Å². The summed E-state index contributed by atoms with van der Waals surface area (Å²) in [5.41, 5.74) is 6.15. The van der Waals surface area contributed by atoms with E-state index in [1.165, 1.54) is 5.56 Å². The maximum Gasteiger partial charge on any atom is 0.246 e. The number of aromatic hydroxyl groups is 1. The van der Waals surface area contributed by atoms with Crippen LogP contribution in [-0.4, -0.2) is 118 Å². The molecule has 0 bridgehead atoms. The fourth-order valence-electron chi connectivity index (χ4n) is 15.0. The van der Waals surface area contributed by atoms with Gasteiger partial charge in [-0.1, -0.05) is 109 Å². The third-order valence-corrected chi connectivity index (χ3v) is 20.2. The van der Waals surface area contributed by atoms with E-state index < -0.39 is 40.1 Å². The lowest BCUT2D eigenvalue weighted by Crippen LogP contribution is -2.60. The van der Waals surface area contributed by atoms with Crippen molar-refractivity contribution in [3.05, 3.63) is 124 Å². The molecule has 0 spiro atoms. The minimum absolute atomic E-state index is 0.0112. The number of imide groups is 1. The molecule has 4 aliphatic rings. The highest BCUT2D eigenvalue weighted by Gasteiger charge is 2.58. The van der Waals surface area contributed by atoms with Crippen molar-refractivity contribution in [1.29, 1.82) is 0 Å². The van der Waals surface area contributed by atoms with Gasteiger partial charge in [0.15, 0.2) is 0 Å². The second-order valence-electron chi connectivity index (χ2n) is 26.7. The molecule has 2 saturated carbocycles. The molecule has 0 heterocycles. The highest BCUT2D eigenvalue weighted by molar-refractivity contribution is 6.01. The molecular formula is C73H96N6O12. The number of carbonyl (C=O) groups is 7. The molecule has 91 heavy (non-hydrogen) atoms. The summed E-state index contributed by atoms with van der Waals surface area (Å²) in [5.74, 6) is 0.395. The van der Waals surface area contributed by atoms with Crippen molar-refractivity contribution in [3.63, 3.8) is 0 Å². The van der Waals surface area contributed by atoms with E-state index in [9.17, 15) is 38.7 Å². The molecule has 6 N–H and O–H groups in total. The van der Waals surface area contributed by atoms with Gasteiger partial charge in [0, 0.05) is 37.1 Å². The predicted molar refractivity (Wildman–Crippen MR) is 350 cm³/mol. The number of amides is 7. The van der Waals surface area contributed by atoms with Crippen molar-refractivity contribution in [2.75, 3.05) is 69.6 Å². The molecule has 0 saturated heterocycles. The van der Waals surface area contributed by atoms with E-state index in [0.29, 0.717) is 62.8 Å². The lowest BCUT2D eigenvalue weighted by Gasteiger charge is -2.56. The predicted octanol–water partition coefficient (Wildman–Crippen LogP) is 9.22. The van der Waals surface area contributed by atoms with Gasteiger partial charge in [-0.05, 0) is 164 Å². The molecule has 0 aliphatic heterocycles. The first-order valence-electron chi connectivity index (χ1n) is 32.7. The summed E-state index contributed by atoms with van der Waals surface area (Å²) in [5, 5.41) is 24.9. The molecule has 18 nitrogen and oxygen atoms in total. The first-order chi connectivity index (χ1) is 43.5. The number of benzene rings is 4. The summed E-state index contributed by atoms with van der Waals surface area (Å²) in [7, 11) is 0. The van der Waals surface area contributed by atoms with E-state index in [4.69, 9.17) is 25.4 Å². The Kier molecular flexibility index (Phi) is 23.9. The zero-order valence-electron chi connectivity index (χ0n) is 54.7. The van der Waals surface area contributed by atoms with Crippen LogP contribution in [0.2, 0.25) is 0 Å². The molecule has 4 aliphatic carbocycles. The third kappa shape index (κ3) is 16.6. The number of phenolic OH excluding ortho intramolecular Hbond substituents is 1. The van der Waals surface area contributed by atoms with E-state index in [2.05, 4.69) is 46.4 Å². The van der Waals surface area contributed by atoms with E-state index in [1.807, 2.05) is 107 Å². The van der Waals surface area contributed by atoms with Gasteiger partial charge in [0.2, 0.25) is 41.4 Å². The van der Waals surface area contributed by atoms with E-state index in [-0.39, 0.29) is 111 Å². The number of hydrogen-bond donors (Lipinski definition) is 6. The van der Waals surface area contributed by atoms with Gasteiger partial charge in [-0.25, -0.2) is 0 Å². The first kappa shape index (κ1) is 69.5. The quantitative estimate of drug-likeness (QED) is 0.0169. The topological polar surface area (TPSA) is 240 Å². The Hall–Kier alpha value is -7.43. The number of carbonyl (C=O) groups excluding carboxylic acids is 7. The molecule has 8 atom stereocenters. The highest BCUT2D eigenvalue weighted by atomic mass is 16.6. The molecular weight excluding hydrogens is 1150 g/mol. The number of para-hydroxylation sites is 1. The number of hydrogen-bond acceptors (Lipinski definition) is 12. The SMILES string of the molecule is C#Cc1ccccc1N(Cc1ccccc1C)C(=O)CCC(=O)NCCOCCOCCOCCOCCC(=O)N[C@H](C(=O)N[C@@H](C)C(=O)Nc1ccc2c(c1)[C@@]1(C)CCC[C@](C)(C(=O)NC(=O)[C@@]3(C)CCC[C@]4(C)c5cc(O)ccc5CC[C@@H]34)[C@@H]1CC2)C(C)C. The first-order valence-corrected chi connectivity index (χ1v) is 32.7. The Morgan fingerprint density at radius 2 is 1.20 bits per heavy atom. The van der Waals surface area contributed by atoms with Crippen LogP contribution in [0.5, 0.6) is 5.75 Å². The van der Waals surface area contributed by atoms with Crippen molar-refractivity contribution in [2.45, 2.75) is 168 Å². The Bertz CT molecular complexity index is 3310. The number of anilines is 2. The average molecular weight is 1250 g/mol. The second-order valence-corrected chi connectivity index (χ2v) is 26.7. The molecule has 18 heteroatoms. The lowest BCUT2D eigenvalue weighted by molar-refractivity contribution is -0.150. The van der Waals surface area contributed by atoms with Crippen LogP contribution in [0.15, 0.2) is 84.9 Å². The summed E-state index contributed by atoms with van der Waals surface area (Å²) >= 11 is 0. The van der Waals surface area contributed by atoms with Crippen molar-refractivity contribution >= 4 is 52.7 Å². The zero-order chi connectivity index (χ0) is 65.5. The van der Waals surface area contributed by atoms with Gasteiger partial charge in [-0.2, -0.15) is 0 Å². The zero-order valence-corrected chi connectivity index (χ0v) is 54.7. The largest absolute Gasteiger partial charge is 0.508 e. The van der Waals surface area contributed by atoms with Crippen LogP contribution >= 0.6 is 0 Å². The number of ether oxygens (including phenoxy) is 4. The number of fused-ring (bicyclic) bond motifs is 6. The molecule has 4 aromatic carbocycles. The molecule has 2 fully saturated rings. The number of terminal acetylenes is 1. The van der Waals surface area contributed by atoms with E-state index in [0.717, 1.165) is 79.2 Å². The van der Waals surface area contributed by atoms with Crippen LogP contribution in [0.4, 0.5) is 11.4 Å². The molecule has 7 amide bonds. The number of nitrogens with zero attached hydrogens (tertiary/aromatic N) is 1. The fraction of sp³-hybridized carbons (Fsp3) is 0.548. The maximum atomic E-state index is 14.8. The Labute approximate surface area is 537 Å². The molecule has 0 radical (unpaired) electrons. The van der Waals surface area contributed by atoms with Gasteiger partial charge in [-0.3, -0.25) is 38.9 Å². The van der Waals surface area contributed by atoms with Crippen LogP contribution in [-0.2, 0) is 82.7 Å². The summed E-state index contributed by atoms with van der Waals surface area (Å²) < 4.78 is 22.4. The number of aryl methyl sites for hydroxylation is 3. The monoisotopic (exact) mass is 1250 g/mol. The van der Waals surface area contributed by atoms with Gasteiger partial charge < -0.3 is 50.2 Å². The highest BCUT2D eigenvalue weighted by Crippen LogP contribution is 2.60. The smallest absolute Gasteiger partial charge is 0.246 e. The number of rotatable bonds is 29. The van der Waals surface area contributed by atoms with Crippen molar-refractivity contribution < 1.29 is 57.6 Å². The summed E-state index contributed by atoms with van der Waals surface area (Å²) in [6, 6.07) is 24.8. The Morgan fingerprint density at radius 1 is 0.637 bits per heavy atom. The lowest BCUT2D eigenvalue weighted by atomic mass is 9.49. The molecule has 0 aromatic heterocycles. The van der Waals surface area contributed by atoms with Crippen LogP contribution in [0.3, 0.4) is 0 Å². The van der Waals surface area contributed by atoms with Gasteiger partial charge >= 0.3 is 0 Å². The second kappa shape index (κ2) is 31.3.